The van der Waals surface area contributed by atoms with Gasteiger partial charge in [-0.1, -0.05) is 117 Å². The van der Waals surface area contributed by atoms with E-state index in [1.165, 1.54) is 0 Å². The molecule has 0 aromatic heterocycles. The first kappa shape index (κ1) is 130. The molecular formula is C96H183N25O19. The third-order valence-corrected chi connectivity index (χ3v) is 22.9. The Hall–Kier alpha value is -9.86. The number of aliphatic carboxylic acids is 1. The maximum Gasteiger partial charge on any atom is 0.305 e. The standard InChI is InChI=1S/C96H183N25O19/c1-56(2)46-64(103)82(126)107-66(33-20-26-40-98)84(128)109-68(35-22-28-42-100)86(130)115-75(51-61(11)12)93(137)118-77(53-63(15)16)95(139)120-78(54-81(124)125)96(140)119-76(52-62(13)14)94(138)117-72(48-58(5)6)90(134)111-67(34-21-27-41-99)85(129)110-69(36-23-29-43-101)87(131)114-74(50-60(9)10)92(136)116-73(49-59(7)8)91(135)112-70(37-24-30-44-102)88(132)113-71(47-57(3)4)89(133)108-65(32-19-25-39-97)83(127)106-55-80(123)105-45-31-17-18-38-79(122)121-104/h56-78H,17-55,97-104H2,1-16H3,(H,105,123)(H,106,127)(H,107,126)(H,108,133)(H,109,128)(H,110,129)(H,111,134)(H,112,135)(H,113,132)(H,114,131)(H,115,130)(H,116,136)(H,117,138)(H,118,137)(H,119,140)(H,120,139)(H,121,122)(H,124,125)/t64-,65-,66-,67-,68-,69-,70-,71-,72-,73-,74-,75-,76-,77-,78-/m0/s1. The molecule has 0 unspecified atom stereocenters. The van der Waals surface area contributed by atoms with Gasteiger partial charge in [0.15, 0.2) is 0 Å². The number of unbranched alkanes of at least 4 members (excludes halogenated alkanes) is 8. The zero-order valence-electron chi connectivity index (χ0n) is 86.8. The summed E-state index contributed by atoms with van der Waals surface area (Å²) in [6, 6.07) is -19.9. The van der Waals surface area contributed by atoms with Gasteiger partial charge in [0.05, 0.1) is 19.0 Å². The third-order valence-electron chi connectivity index (χ3n) is 22.9. The first-order chi connectivity index (χ1) is 66.0. The smallest absolute Gasteiger partial charge is 0.305 e. The van der Waals surface area contributed by atoms with Gasteiger partial charge < -0.3 is 130 Å². The van der Waals surface area contributed by atoms with Crippen LogP contribution in [0.15, 0.2) is 0 Å². The van der Waals surface area contributed by atoms with Crippen LogP contribution in [0.4, 0.5) is 0 Å². The summed E-state index contributed by atoms with van der Waals surface area (Å²) in [5.74, 6) is -11.1. The fourth-order valence-corrected chi connectivity index (χ4v) is 15.5. The fourth-order valence-electron chi connectivity index (χ4n) is 15.5. The van der Waals surface area contributed by atoms with Crippen LogP contribution in [-0.4, -0.2) is 254 Å². The van der Waals surface area contributed by atoms with Crippen molar-refractivity contribution in [2.75, 3.05) is 52.4 Å². The van der Waals surface area contributed by atoms with Crippen LogP contribution >= 0.6 is 0 Å². The molecule has 0 aliphatic rings. The Morgan fingerprint density at radius 1 is 0.221 bits per heavy atom. The molecule has 0 bridgehead atoms. The van der Waals surface area contributed by atoms with E-state index >= 15 is 0 Å². The molecule has 0 rings (SSSR count). The van der Waals surface area contributed by atoms with Crippen molar-refractivity contribution in [2.45, 2.75) is 400 Å². The number of carbonyl (C=O) groups excluding carboxylic acids is 17. The highest BCUT2D eigenvalue weighted by atomic mass is 16.4. The molecule has 0 spiro atoms. The number of amides is 17. The van der Waals surface area contributed by atoms with Gasteiger partial charge in [-0.3, -0.25) is 91.7 Å². The molecule has 0 aromatic rings. The van der Waals surface area contributed by atoms with Crippen LogP contribution in [0.5, 0.6) is 0 Å². The van der Waals surface area contributed by atoms with Crippen molar-refractivity contribution in [2.24, 2.45) is 93.3 Å². The number of nitrogens with two attached hydrogens (primary N) is 8. The molecule has 806 valence electrons. The maximum atomic E-state index is 14.9. The molecule has 44 heteroatoms. The van der Waals surface area contributed by atoms with E-state index < -0.39 is 204 Å². The van der Waals surface area contributed by atoms with Crippen LogP contribution < -0.4 is 136 Å². The summed E-state index contributed by atoms with van der Waals surface area (Å²) in [5, 5.41) is 53.9. The molecule has 0 aliphatic carbocycles. The Bertz CT molecular complexity index is 3750. The largest absolute Gasteiger partial charge is 0.481 e. The lowest BCUT2D eigenvalue weighted by molar-refractivity contribution is -0.142. The Morgan fingerprint density at radius 3 is 0.636 bits per heavy atom. The van der Waals surface area contributed by atoms with Crippen molar-refractivity contribution in [3.63, 3.8) is 0 Å². The molecule has 44 nitrogen and oxygen atoms in total. The second-order valence-electron chi connectivity index (χ2n) is 40.2. The van der Waals surface area contributed by atoms with E-state index in [2.05, 4.69) is 90.5 Å². The van der Waals surface area contributed by atoms with Gasteiger partial charge in [-0.25, -0.2) is 5.84 Å². The molecule has 0 aliphatic heterocycles. The molecule has 0 saturated heterocycles. The summed E-state index contributed by atoms with van der Waals surface area (Å²) < 4.78 is 0. The van der Waals surface area contributed by atoms with Gasteiger partial charge in [-0.05, 0) is 266 Å². The van der Waals surface area contributed by atoms with Crippen molar-refractivity contribution in [1.29, 1.82) is 0 Å². The Balaban J connectivity index is 7.39. The monoisotopic (exact) mass is 1990 g/mol. The van der Waals surface area contributed by atoms with E-state index in [-0.39, 0.29) is 189 Å². The molecule has 0 heterocycles. The van der Waals surface area contributed by atoms with Crippen LogP contribution in [0.1, 0.15) is 310 Å². The zero-order valence-corrected chi connectivity index (χ0v) is 86.8. The lowest BCUT2D eigenvalue weighted by Crippen LogP contribution is -2.61. The van der Waals surface area contributed by atoms with Gasteiger partial charge >= 0.3 is 5.97 Å². The van der Waals surface area contributed by atoms with Crippen LogP contribution in [0.3, 0.4) is 0 Å². The van der Waals surface area contributed by atoms with E-state index in [9.17, 15) is 91.4 Å². The summed E-state index contributed by atoms with van der Waals surface area (Å²) >= 11 is 0. The number of rotatable bonds is 79. The predicted molar refractivity (Wildman–Crippen MR) is 537 cm³/mol. The van der Waals surface area contributed by atoms with Crippen molar-refractivity contribution in [1.82, 2.24) is 90.5 Å². The van der Waals surface area contributed by atoms with Gasteiger partial charge in [0.2, 0.25) is 100 Å². The van der Waals surface area contributed by atoms with Crippen LogP contribution in [0.25, 0.3) is 0 Å². The molecule has 0 fully saturated rings. The first-order valence-electron chi connectivity index (χ1n) is 51.0. The Morgan fingerprint density at radius 2 is 0.421 bits per heavy atom. The number of carbonyl (C=O) groups is 18. The van der Waals surface area contributed by atoms with Crippen LogP contribution in [0, 0.1) is 47.3 Å². The molecule has 0 saturated carbocycles. The van der Waals surface area contributed by atoms with Crippen LogP contribution in [-0.2, 0) is 86.3 Å². The van der Waals surface area contributed by atoms with Crippen molar-refractivity contribution >= 4 is 106 Å². The van der Waals surface area contributed by atoms with Crippen molar-refractivity contribution in [3.8, 4) is 0 Å². The fraction of sp³-hybridized carbons (Fsp3) is 0.812. The van der Waals surface area contributed by atoms with Gasteiger partial charge in [0, 0.05) is 13.0 Å². The Kier molecular flexibility index (Phi) is 68.9. The molecule has 15 atom stereocenters. The number of carboxylic acids is 1. The summed E-state index contributed by atoms with van der Waals surface area (Å²) in [7, 11) is 0. The third kappa shape index (κ3) is 58.5. The van der Waals surface area contributed by atoms with Gasteiger partial charge in [0.25, 0.3) is 0 Å². The highest BCUT2D eigenvalue weighted by Gasteiger charge is 2.40. The predicted octanol–water partition coefficient (Wildman–Crippen LogP) is -0.499. The van der Waals surface area contributed by atoms with E-state index in [4.69, 9.17) is 46.0 Å². The highest BCUT2D eigenvalue weighted by Crippen LogP contribution is 2.20. The number of hydrogen-bond acceptors (Lipinski definition) is 26. The molecule has 0 aromatic carbocycles. The topological polar surface area (TPSA) is 740 Å². The van der Waals surface area contributed by atoms with E-state index in [0.29, 0.717) is 103 Å². The van der Waals surface area contributed by atoms with Crippen LogP contribution in [0.2, 0.25) is 0 Å². The highest BCUT2D eigenvalue weighted by molar-refractivity contribution is 6.01. The molecular weight excluding hydrogens is 1810 g/mol. The minimum atomic E-state index is -1.88. The summed E-state index contributed by atoms with van der Waals surface area (Å²) in [6.45, 7) is 30.1. The zero-order chi connectivity index (χ0) is 106. The average Bonchev–Trinajstić information content (AvgIpc) is 0.857. The minimum Gasteiger partial charge on any atom is -0.481 e. The summed E-state index contributed by atoms with van der Waals surface area (Å²) in [5.41, 5.74) is 43.5. The molecule has 17 amide bonds. The summed E-state index contributed by atoms with van der Waals surface area (Å²) in [4.78, 5) is 255. The second-order valence-corrected chi connectivity index (χ2v) is 40.2. The first-order valence-corrected chi connectivity index (χ1v) is 51.0. The SMILES string of the molecule is CC(C)C[C@H](NC(=O)[C@H](CCCCN)NC(=O)[C@H](CC(C)C)NC(=O)[C@H](CC(C)C)NC(=O)[C@H](CCCCN)NC(=O)[C@H](CCCCN)NC(=O)[C@H](CC(C)C)NC(=O)[C@H](CC(C)C)NC(=O)[C@H](CC(=O)O)NC(=O)[C@H](CC(C)C)NC(=O)[C@H](CC(C)C)NC(=O)[C@H](CCCCN)NC(=O)[C@H](CCCCN)NC(=O)[C@@H](N)CC(C)C)C(=O)N[C@@H](CCCCN)C(=O)NCC(=O)NCCCCCC(=O)NN. The lowest BCUT2D eigenvalue weighted by Gasteiger charge is -2.30. The van der Waals surface area contributed by atoms with Gasteiger partial charge in [-0.15, -0.1) is 0 Å². The van der Waals surface area contributed by atoms with E-state index in [1.54, 1.807) is 69.2 Å². The van der Waals surface area contributed by atoms with Gasteiger partial charge in [-0.2, -0.15) is 0 Å². The number of hydrogen-bond donors (Lipinski definition) is 26. The van der Waals surface area contributed by atoms with Crippen molar-refractivity contribution < 1.29 is 91.4 Å². The normalized spacial score (nSPS) is 14.7. The van der Waals surface area contributed by atoms with Crippen molar-refractivity contribution in [3.05, 3.63) is 0 Å². The molecule has 34 N–H and O–H groups in total. The molecule has 0 radical (unpaired) electrons. The van der Waals surface area contributed by atoms with E-state index in [1.807, 2.05) is 41.5 Å². The molecule has 140 heavy (non-hydrogen) atoms. The number of nitrogens with one attached hydrogen (secondary N) is 17. The minimum absolute atomic E-state index is 0.0163. The Labute approximate surface area is 830 Å². The second kappa shape index (κ2) is 74.1. The quantitative estimate of drug-likeness (QED) is 0.0158. The maximum absolute atomic E-state index is 14.9. The van der Waals surface area contributed by atoms with E-state index in [0.717, 1.165) is 0 Å². The lowest BCUT2D eigenvalue weighted by atomic mass is 9.98. The van der Waals surface area contributed by atoms with Gasteiger partial charge in [0.1, 0.15) is 84.6 Å². The number of hydrazine groups is 1. The summed E-state index contributed by atoms with van der Waals surface area (Å²) in [6.07, 6.45) is 6.55. The number of carboxylic acid groups (broad SMARTS) is 1. The average molecular weight is 1990 g/mol.